The van der Waals surface area contributed by atoms with Crippen LogP contribution in [-0.4, -0.2) is 52.9 Å². The normalized spacial score (nSPS) is 17.1. The number of Topliss-reactive ketones (excluding diaryl/α,β-unsaturated/α-hetero) is 1. The van der Waals surface area contributed by atoms with Crippen LogP contribution in [0.15, 0.2) is 41.8 Å². The minimum Gasteiger partial charge on any atom is -0.343 e. The predicted octanol–water partition coefficient (Wildman–Crippen LogP) is 2.86. The molecule has 28 heavy (non-hydrogen) atoms. The van der Waals surface area contributed by atoms with Crippen LogP contribution in [0.4, 0.5) is 0 Å². The summed E-state index contributed by atoms with van der Waals surface area (Å²) in [6.07, 6.45) is 1.40. The minimum absolute atomic E-state index is 0.0427. The molecule has 144 valence electrons. The molecule has 0 N–H and O–H groups in total. The molecule has 0 spiro atoms. The summed E-state index contributed by atoms with van der Waals surface area (Å²) in [4.78, 5) is 53.4. The molecule has 2 aliphatic heterocycles. The van der Waals surface area contributed by atoms with E-state index in [1.54, 1.807) is 29.2 Å². The predicted molar refractivity (Wildman–Crippen MR) is 104 cm³/mol. The van der Waals surface area contributed by atoms with Gasteiger partial charge < -0.3 is 4.90 Å². The summed E-state index contributed by atoms with van der Waals surface area (Å²) >= 11 is 1.45. The number of carbonyl (C=O) groups excluding carboxylic acids is 4. The third kappa shape index (κ3) is 3.38. The van der Waals surface area contributed by atoms with Gasteiger partial charge >= 0.3 is 0 Å². The molecule has 0 bridgehead atoms. The molecule has 1 saturated heterocycles. The Hall–Kier alpha value is -2.80. The molecule has 1 aromatic carbocycles. The second-order valence-electron chi connectivity index (χ2n) is 7.05. The Balaban J connectivity index is 1.29. The van der Waals surface area contributed by atoms with Crippen LogP contribution in [0.5, 0.6) is 0 Å². The third-order valence-corrected chi connectivity index (χ3v) is 6.29. The van der Waals surface area contributed by atoms with Crippen molar-refractivity contribution in [2.45, 2.75) is 19.3 Å². The van der Waals surface area contributed by atoms with Crippen molar-refractivity contribution in [3.63, 3.8) is 0 Å². The fourth-order valence-electron chi connectivity index (χ4n) is 3.82. The number of hydrogen-bond acceptors (Lipinski definition) is 5. The summed E-state index contributed by atoms with van der Waals surface area (Å²) < 4.78 is 0. The maximum Gasteiger partial charge on any atom is 0.261 e. The lowest BCUT2D eigenvalue weighted by Gasteiger charge is -2.31. The van der Waals surface area contributed by atoms with E-state index in [4.69, 9.17) is 0 Å². The smallest absolute Gasteiger partial charge is 0.261 e. The average molecular weight is 396 g/mol. The van der Waals surface area contributed by atoms with Gasteiger partial charge in [-0.25, -0.2) is 0 Å². The van der Waals surface area contributed by atoms with Gasteiger partial charge in [0.1, 0.15) is 0 Å². The molecule has 0 unspecified atom stereocenters. The van der Waals surface area contributed by atoms with E-state index in [-0.39, 0.29) is 42.4 Å². The number of ketones is 1. The van der Waals surface area contributed by atoms with Gasteiger partial charge in [-0.15, -0.1) is 11.3 Å². The number of rotatable bonds is 5. The van der Waals surface area contributed by atoms with Crippen molar-refractivity contribution in [3.05, 3.63) is 57.8 Å². The average Bonchev–Trinajstić information content (AvgIpc) is 3.35. The highest BCUT2D eigenvalue weighted by molar-refractivity contribution is 7.12. The first-order valence-electron chi connectivity index (χ1n) is 9.37. The van der Waals surface area contributed by atoms with Crippen LogP contribution in [0.25, 0.3) is 0 Å². The highest BCUT2D eigenvalue weighted by Gasteiger charge is 2.35. The van der Waals surface area contributed by atoms with Gasteiger partial charge in [-0.05, 0) is 36.4 Å². The molecule has 3 heterocycles. The molecule has 2 aromatic rings. The zero-order valence-electron chi connectivity index (χ0n) is 15.3. The summed E-state index contributed by atoms with van der Waals surface area (Å²) in [6, 6.07) is 10.4. The van der Waals surface area contributed by atoms with Gasteiger partial charge in [0.25, 0.3) is 11.8 Å². The van der Waals surface area contributed by atoms with Gasteiger partial charge in [0.2, 0.25) is 5.91 Å². The standard InChI is InChI=1S/C21H20N2O4S/c24-18(9-12-23-20(26)15-4-1-2-5-16(15)21(23)27)22-10-7-14(8-11-22)19(25)17-6-3-13-28-17/h1-6,13-14H,7-12H2. The Morgan fingerprint density at radius 2 is 1.61 bits per heavy atom. The molecular formula is C21H20N2O4S. The van der Waals surface area contributed by atoms with Crippen molar-refractivity contribution in [3.8, 4) is 0 Å². The summed E-state index contributed by atoms with van der Waals surface area (Å²) in [5.41, 5.74) is 0.792. The zero-order chi connectivity index (χ0) is 19.7. The van der Waals surface area contributed by atoms with Crippen LogP contribution in [0.2, 0.25) is 0 Å². The van der Waals surface area contributed by atoms with Crippen molar-refractivity contribution in [1.82, 2.24) is 9.80 Å². The van der Waals surface area contributed by atoms with Gasteiger partial charge in [-0.2, -0.15) is 0 Å². The molecule has 3 amide bonds. The minimum atomic E-state index is -0.339. The lowest BCUT2D eigenvalue weighted by Crippen LogP contribution is -2.42. The molecule has 7 heteroatoms. The Bertz CT molecular complexity index is 895. The molecule has 1 aromatic heterocycles. The first-order chi connectivity index (χ1) is 13.6. The number of carbonyl (C=O) groups is 4. The molecule has 1 fully saturated rings. The first-order valence-corrected chi connectivity index (χ1v) is 10.2. The van der Waals surface area contributed by atoms with Crippen molar-refractivity contribution in [2.75, 3.05) is 19.6 Å². The van der Waals surface area contributed by atoms with E-state index >= 15 is 0 Å². The van der Waals surface area contributed by atoms with Gasteiger partial charge in [0.05, 0.1) is 16.0 Å². The van der Waals surface area contributed by atoms with Gasteiger partial charge in [0, 0.05) is 32.0 Å². The molecule has 2 aliphatic rings. The molecule has 0 radical (unpaired) electrons. The van der Waals surface area contributed by atoms with Gasteiger partial charge in [-0.3, -0.25) is 24.1 Å². The lowest BCUT2D eigenvalue weighted by atomic mass is 9.91. The van der Waals surface area contributed by atoms with E-state index in [0.29, 0.717) is 37.1 Å². The molecule has 6 nitrogen and oxygen atoms in total. The quantitative estimate of drug-likeness (QED) is 0.575. The topological polar surface area (TPSA) is 74.8 Å². The van der Waals surface area contributed by atoms with E-state index in [1.165, 1.54) is 11.3 Å². The zero-order valence-corrected chi connectivity index (χ0v) is 16.1. The molecule has 4 rings (SSSR count). The number of thiophene rings is 1. The summed E-state index contributed by atoms with van der Waals surface area (Å²) in [5.74, 6) is -0.645. The van der Waals surface area contributed by atoms with Crippen molar-refractivity contribution in [2.24, 2.45) is 5.92 Å². The first kappa shape index (κ1) is 18.6. The number of amides is 3. The van der Waals surface area contributed by atoms with Gasteiger partial charge in [-0.1, -0.05) is 18.2 Å². The van der Waals surface area contributed by atoms with Gasteiger partial charge in [0.15, 0.2) is 5.78 Å². The highest BCUT2D eigenvalue weighted by Crippen LogP contribution is 2.25. The molecule has 0 aliphatic carbocycles. The summed E-state index contributed by atoms with van der Waals surface area (Å²) in [5, 5.41) is 1.89. The summed E-state index contributed by atoms with van der Waals surface area (Å²) in [7, 11) is 0. The number of piperidine rings is 1. The Morgan fingerprint density at radius 1 is 0.964 bits per heavy atom. The molecular weight excluding hydrogens is 376 g/mol. The summed E-state index contributed by atoms with van der Waals surface area (Å²) in [6.45, 7) is 1.14. The molecule has 0 saturated carbocycles. The van der Waals surface area contributed by atoms with E-state index < -0.39 is 0 Å². The Labute approximate surface area is 166 Å². The second-order valence-corrected chi connectivity index (χ2v) is 8.00. The number of likely N-dealkylation sites (tertiary alicyclic amines) is 1. The Kier molecular flexibility index (Phi) is 5.09. The number of imide groups is 1. The van der Waals surface area contributed by atoms with E-state index in [9.17, 15) is 19.2 Å². The monoisotopic (exact) mass is 396 g/mol. The van der Waals surface area contributed by atoms with E-state index in [0.717, 1.165) is 9.78 Å². The fourth-order valence-corrected chi connectivity index (χ4v) is 4.56. The van der Waals surface area contributed by atoms with Crippen molar-refractivity contribution < 1.29 is 19.2 Å². The largest absolute Gasteiger partial charge is 0.343 e. The number of fused-ring (bicyclic) bond motifs is 1. The SMILES string of the molecule is O=C(c1cccs1)C1CCN(C(=O)CCN2C(=O)c3ccccc3C2=O)CC1. The maximum atomic E-state index is 12.5. The van der Waals surface area contributed by atoms with Crippen LogP contribution in [0.3, 0.4) is 0 Å². The van der Waals surface area contributed by atoms with Crippen molar-refractivity contribution in [1.29, 1.82) is 0 Å². The number of nitrogens with zero attached hydrogens (tertiary/aromatic N) is 2. The second kappa shape index (κ2) is 7.67. The van der Waals surface area contributed by atoms with Crippen LogP contribution in [-0.2, 0) is 4.79 Å². The van der Waals surface area contributed by atoms with E-state index in [1.807, 2.05) is 17.5 Å². The number of hydrogen-bond donors (Lipinski definition) is 0. The van der Waals surface area contributed by atoms with Crippen LogP contribution in [0, 0.1) is 5.92 Å². The third-order valence-electron chi connectivity index (χ3n) is 5.41. The molecule has 0 atom stereocenters. The van der Waals surface area contributed by atoms with Crippen LogP contribution in [0.1, 0.15) is 49.7 Å². The number of benzene rings is 1. The maximum absolute atomic E-state index is 12.5. The highest BCUT2D eigenvalue weighted by atomic mass is 32.1. The van der Waals surface area contributed by atoms with E-state index in [2.05, 4.69) is 0 Å². The van der Waals surface area contributed by atoms with Crippen LogP contribution < -0.4 is 0 Å². The lowest BCUT2D eigenvalue weighted by molar-refractivity contribution is -0.132. The Morgan fingerprint density at radius 3 is 2.18 bits per heavy atom. The fraction of sp³-hybridized carbons (Fsp3) is 0.333. The van der Waals surface area contributed by atoms with Crippen molar-refractivity contribution >= 4 is 34.8 Å². The van der Waals surface area contributed by atoms with Crippen LogP contribution >= 0.6 is 11.3 Å².